The Bertz CT molecular complexity index is 726. The van der Waals surface area contributed by atoms with Crippen molar-refractivity contribution in [3.63, 3.8) is 0 Å². The van der Waals surface area contributed by atoms with Crippen LogP contribution < -0.4 is 10.6 Å². The number of nitrogens with zero attached hydrogens (tertiary/aromatic N) is 2. The van der Waals surface area contributed by atoms with Gasteiger partial charge >= 0.3 is 0 Å². The minimum atomic E-state index is -0.744. The van der Waals surface area contributed by atoms with Gasteiger partial charge in [0.15, 0.2) is 5.82 Å². The van der Waals surface area contributed by atoms with E-state index in [9.17, 15) is 14.4 Å². The lowest BCUT2D eigenvalue weighted by Gasteiger charge is -2.21. The Labute approximate surface area is 142 Å². The van der Waals surface area contributed by atoms with E-state index in [1.807, 2.05) is 0 Å². The zero-order valence-corrected chi connectivity index (χ0v) is 14.3. The SMILES string of the molecule is Cc1cc(NC(=O)CN(C)C(=O)C(C)NC(=O)c2cccs2)no1. The maximum Gasteiger partial charge on any atom is 0.261 e. The number of anilines is 1. The molecule has 0 saturated carbocycles. The molecule has 0 radical (unpaired) electrons. The molecule has 0 spiro atoms. The molecule has 1 unspecified atom stereocenters. The second-order valence-electron chi connectivity index (χ2n) is 5.24. The summed E-state index contributed by atoms with van der Waals surface area (Å²) in [6.07, 6.45) is 0. The van der Waals surface area contributed by atoms with Gasteiger partial charge in [-0.3, -0.25) is 14.4 Å². The maximum atomic E-state index is 12.2. The number of rotatable bonds is 6. The second kappa shape index (κ2) is 7.73. The molecule has 0 fully saturated rings. The molecule has 0 aliphatic heterocycles. The molecule has 0 saturated heterocycles. The van der Waals surface area contributed by atoms with Crippen molar-refractivity contribution in [2.24, 2.45) is 0 Å². The van der Waals surface area contributed by atoms with E-state index < -0.39 is 11.9 Å². The fourth-order valence-corrected chi connectivity index (χ4v) is 2.60. The zero-order valence-electron chi connectivity index (χ0n) is 13.5. The van der Waals surface area contributed by atoms with Crippen molar-refractivity contribution >= 4 is 34.9 Å². The quantitative estimate of drug-likeness (QED) is 0.816. The highest BCUT2D eigenvalue weighted by Crippen LogP contribution is 2.09. The van der Waals surface area contributed by atoms with Crippen molar-refractivity contribution in [1.82, 2.24) is 15.4 Å². The Kier molecular flexibility index (Phi) is 5.69. The van der Waals surface area contributed by atoms with Crippen LogP contribution in [0.2, 0.25) is 0 Å². The average Bonchev–Trinajstić information content (AvgIpc) is 3.17. The van der Waals surface area contributed by atoms with E-state index in [0.717, 1.165) is 0 Å². The molecule has 2 heterocycles. The summed E-state index contributed by atoms with van der Waals surface area (Å²) in [6.45, 7) is 3.11. The van der Waals surface area contributed by atoms with Gasteiger partial charge < -0.3 is 20.1 Å². The smallest absolute Gasteiger partial charge is 0.261 e. The van der Waals surface area contributed by atoms with Gasteiger partial charge in [0.2, 0.25) is 11.8 Å². The molecule has 8 nitrogen and oxygen atoms in total. The number of nitrogens with one attached hydrogen (secondary N) is 2. The van der Waals surface area contributed by atoms with Gasteiger partial charge in [0.1, 0.15) is 11.8 Å². The molecule has 0 bridgehead atoms. The average molecular weight is 350 g/mol. The first-order valence-corrected chi connectivity index (χ1v) is 8.07. The Balaban J connectivity index is 1.84. The van der Waals surface area contributed by atoms with E-state index in [4.69, 9.17) is 4.52 Å². The van der Waals surface area contributed by atoms with E-state index in [1.54, 1.807) is 37.4 Å². The largest absolute Gasteiger partial charge is 0.360 e. The molecule has 0 aliphatic rings. The molecule has 2 aromatic heterocycles. The summed E-state index contributed by atoms with van der Waals surface area (Å²) in [7, 11) is 1.49. The highest BCUT2D eigenvalue weighted by Gasteiger charge is 2.22. The van der Waals surface area contributed by atoms with Gasteiger partial charge in [-0.2, -0.15) is 0 Å². The highest BCUT2D eigenvalue weighted by molar-refractivity contribution is 7.12. The van der Waals surface area contributed by atoms with Crippen LogP contribution in [-0.2, 0) is 9.59 Å². The minimum absolute atomic E-state index is 0.163. The Morgan fingerprint density at radius 3 is 2.75 bits per heavy atom. The number of thiophene rings is 1. The summed E-state index contributed by atoms with van der Waals surface area (Å²) in [6, 6.07) is 4.26. The summed E-state index contributed by atoms with van der Waals surface area (Å²) in [5, 5.41) is 10.6. The molecule has 2 N–H and O–H groups in total. The summed E-state index contributed by atoms with van der Waals surface area (Å²) >= 11 is 1.29. The topological polar surface area (TPSA) is 105 Å². The third-order valence-corrected chi connectivity index (χ3v) is 3.98. The summed E-state index contributed by atoms with van der Waals surface area (Å²) in [5.41, 5.74) is 0. The molecular weight excluding hydrogens is 332 g/mol. The van der Waals surface area contributed by atoms with Crippen molar-refractivity contribution in [3.8, 4) is 0 Å². The first-order chi connectivity index (χ1) is 11.4. The fraction of sp³-hybridized carbons (Fsp3) is 0.333. The monoisotopic (exact) mass is 350 g/mol. The van der Waals surface area contributed by atoms with Gasteiger partial charge in [-0.25, -0.2) is 0 Å². The predicted octanol–water partition coefficient (Wildman–Crippen LogP) is 1.26. The van der Waals surface area contributed by atoms with E-state index in [0.29, 0.717) is 10.6 Å². The van der Waals surface area contributed by atoms with Gasteiger partial charge in [0.05, 0.1) is 11.4 Å². The Morgan fingerprint density at radius 1 is 1.42 bits per heavy atom. The highest BCUT2D eigenvalue weighted by atomic mass is 32.1. The van der Waals surface area contributed by atoms with Gasteiger partial charge in [-0.15, -0.1) is 11.3 Å². The van der Waals surface area contributed by atoms with Crippen molar-refractivity contribution in [2.75, 3.05) is 18.9 Å². The zero-order chi connectivity index (χ0) is 17.7. The van der Waals surface area contributed by atoms with Gasteiger partial charge in [0.25, 0.3) is 5.91 Å². The molecule has 1 atom stereocenters. The summed E-state index contributed by atoms with van der Waals surface area (Å²) < 4.78 is 4.84. The van der Waals surface area contributed by atoms with Gasteiger partial charge in [-0.1, -0.05) is 11.2 Å². The third kappa shape index (κ3) is 4.66. The maximum absolute atomic E-state index is 12.2. The van der Waals surface area contributed by atoms with Crippen molar-refractivity contribution in [2.45, 2.75) is 19.9 Å². The molecule has 2 aromatic rings. The number of hydrogen-bond acceptors (Lipinski definition) is 6. The number of carbonyl (C=O) groups is 3. The predicted molar refractivity (Wildman–Crippen MR) is 88.8 cm³/mol. The number of hydrogen-bond donors (Lipinski definition) is 2. The standard InChI is InChI=1S/C15H18N4O4S/c1-9-7-12(18-23-9)17-13(20)8-19(3)15(22)10(2)16-14(21)11-5-4-6-24-11/h4-7,10H,8H2,1-3H3,(H,16,21)(H,17,18,20). The van der Waals surface area contributed by atoms with E-state index >= 15 is 0 Å². The molecule has 128 valence electrons. The van der Waals surface area contributed by atoms with Crippen molar-refractivity contribution < 1.29 is 18.9 Å². The van der Waals surface area contributed by atoms with Crippen LogP contribution in [-0.4, -0.2) is 47.4 Å². The Hall–Kier alpha value is -2.68. The number of amides is 3. The number of aryl methyl sites for hydroxylation is 1. The van der Waals surface area contributed by atoms with Crippen LogP contribution in [0.1, 0.15) is 22.4 Å². The lowest BCUT2D eigenvalue weighted by molar-refractivity contribution is -0.134. The van der Waals surface area contributed by atoms with Crippen LogP contribution in [0.3, 0.4) is 0 Å². The molecule has 2 rings (SSSR count). The first-order valence-electron chi connectivity index (χ1n) is 7.19. The number of aromatic nitrogens is 1. The minimum Gasteiger partial charge on any atom is -0.360 e. The molecule has 0 aliphatic carbocycles. The van der Waals surface area contributed by atoms with Crippen LogP contribution in [0, 0.1) is 6.92 Å². The van der Waals surface area contributed by atoms with Crippen LogP contribution >= 0.6 is 11.3 Å². The summed E-state index contributed by atoms with van der Waals surface area (Å²) in [4.78, 5) is 37.8. The van der Waals surface area contributed by atoms with E-state index in [1.165, 1.54) is 23.3 Å². The number of carbonyl (C=O) groups excluding carboxylic acids is 3. The molecule has 0 aromatic carbocycles. The second-order valence-corrected chi connectivity index (χ2v) is 6.19. The molecular formula is C15H18N4O4S. The molecule has 3 amide bonds. The lowest BCUT2D eigenvalue weighted by atomic mass is 10.2. The van der Waals surface area contributed by atoms with Gasteiger partial charge in [-0.05, 0) is 25.3 Å². The van der Waals surface area contributed by atoms with E-state index in [2.05, 4.69) is 15.8 Å². The lowest BCUT2D eigenvalue weighted by Crippen LogP contribution is -2.47. The first kappa shape index (κ1) is 17.7. The molecule has 24 heavy (non-hydrogen) atoms. The number of likely N-dealkylation sites (N-methyl/N-ethyl adjacent to an activating group) is 1. The summed E-state index contributed by atoms with van der Waals surface area (Å²) in [5.74, 6) is -0.235. The van der Waals surface area contributed by atoms with Crippen molar-refractivity contribution in [1.29, 1.82) is 0 Å². The third-order valence-electron chi connectivity index (χ3n) is 3.12. The van der Waals surface area contributed by atoms with Gasteiger partial charge in [0, 0.05) is 13.1 Å². The Morgan fingerprint density at radius 2 is 2.17 bits per heavy atom. The van der Waals surface area contributed by atoms with Crippen LogP contribution in [0.5, 0.6) is 0 Å². The van der Waals surface area contributed by atoms with Crippen molar-refractivity contribution in [3.05, 3.63) is 34.2 Å². The molecule has 9 heteroatoms. The van der Waals surface area contributed by atoms with Crippen LogP contribution in [0.4, 0.5) is 5.82 Å². The normalized spacial score (nSPS) is 11.6. The van der Waals surface area contributed by atoms with E-state index in [-0.39, 0.29) is 24.2 Å². The fourth-order valence-electron chi connectivity index (χ4n) is 1.97. The van der Waals surface area contributed by atoms with Crippen LogP contribution in [0.15, 0.2) is 28.1 Å². The van der Waals surface area contributed by atoms with Crippen LogP contribution in [0.25, 0.3) is 0 Å².